The normalized spacial score (nSPS) is 10.6. The van der Waals surface area contributed by atoms with Gasteiger partial charge in [-0.25, -0.2) is 4.98 Å². The van der Waals surface area contributed by atoms with Crippen molar-refractivity contribution in [2.45, 2.75) is 0 Å². The zero-order valence-corrected chi connectivity index (χ0v) is 9.44. The summed E-state index contributed by atoms with van der Waals surface area (Å²) >= 11 is 5.88. The molecular weight excluding hydrogens is 238 g/mol. The Kier molecular flexibility index (Phi) is 2.38. The Morgan fingerprint density at radius 2 is 2.00 bits per heavy atom. The van der Waals surface area contributed by atoms with E-state index in [4.69, 9.17) is 11.6 Å². The van der Waals surface area contributed by atoms with Gasteiger partial charge >= 0.3 is 0 Å². The van der Waals surface area contributed by atoms with Crippen molar-refractivity contribution in [3.63, 3.8) is 0 Å². The highest BCUT2D eigenvalue weighted by Gasteiger charge is 2.06. The van der Waals surface area contributed by atoms with Crippen LogP contribution in [0.25, 0.3) is 10.9 Å². The van der Waals surface area contributed by atoms with Gasteiger partial charge in [0.05, 0.1) is 11.7 Å². The van der Waals surface area contributed by atoms with Crippen LogP contribution < -0.4 is 5.32 Å². The lowest BCUT2D eigenvalue weighted by molar-refractivity contribution is 1.09. The highest BCUT2D eigenvalue weighted by molar-refractivity contribution is 6.28. The third-order valence-electron chi connectivity index (χ3n) is 2.33. The number of nitrogens with one attached hydrogen (secondary N) is 2. The Hall–Kier alpha value is -2.14. The number of anilines is 2. The molecule has 3 aromatic rings. The van der Waals surface area contributed by atoms with Gasteiger partial charge in [0.1, 0.15) is 11.6 Å². The minimum absolute atomic E-state index is 0.214. The SMILES string of the molecule is Clc1nc(Nc2ccn[nH]2)c2ccccc2n1. The van der Waals surface area contributed by atoms with Crippen molar-refractivity contribution in [3.05, 3.63) is 41.8 Å². The summed E-state index contributed by atoms with van der Waals surface area (Å²) in [4.78, 5) is 8.33. The number of nitrogens with zero attached hydrogens (tertiary/aromatic N) is 3. The maximum atomic E-state index is 5.88. The van der Waals surface area contributed by atoms with E-state index in [9.17, 15) is 0 Å². The molecule has 0 aliphatic rings. The summed E-state index contributed by atoms with van der Waals surface area (Å²) in [5.41, 5.74) is 0.800. The largest absolute Gasteiger partial charge is 0.325 e. The molecule has 5 nitrogen and oxygen atoms in total. The van der Waals surface area contributed by atoms with Gasteiger partial charge in [-0.3, -0.25) is 5.10 Å². The number of fused-ring (bicyclic) bond motifs is 1. The lowest BCUT2D eigenvalue weighted by Crippen LogP contribution is -1.97. The van der Waals surface area contributed by atoms with Gasteiger partial charge in [-0.2, -0.15) is 10.1 Å². The Balaban J connectivity index is 2.14. The summed E-state index contributed by atoms with van der Waals surface area (Å²) in [5.74, 6) is 1.41. The van der Waals surface area contributed by atoms with Gasteiger partial charge in [-0.1, -0.05) is 12.1 Å². The van der Waals surface area contributed by atoms with Crippen molar-refractivity contribution in [2.75, 3.05) is 5.32 Å². The first-order chi connectivity index (χ1) is 8.33. The number of para-hydroxylation sites is 1. The second-order valence-corrected chi connectivity index (χ2v) is 3.79. The number of rotatable bonds is 2. The molecule has 0 aliphatic carbocycles. The van der Waals surface area contributed by atoms with Gasteiger partial charge in [-0.15, -0.1) is 0 Å². The third kappa shape index (κ3) is 1.92. The molecule has 0 saturated heterocycles. The number of halogens is 1. The predicted molar refractivity (Wildman–Crippen MR) is 66.4 cm³/mol. The van der Waals surface area contributed by atoms with Crippen molar-refractivity contribution >= 4 is 34.1 Å². The van der Waals surface area contributed by atoms with Gasteiger partial charge in [0, 0.05) is 11.5 Å². The van der Waals surface area contributed by atoms with Gasteiger partial charge in [0.2, 0.25) is 5.28 Å². The molecule has 0 unspecified atom stereocenters. The van der Waals surface area contributed by atoms with E-state index in [1.807, 2.05) is 30.3 Å². The van der Waals surface area contributed by atoms with Crippen molar-refractivity contribution in [1.29, 1.82) is 0 Å². The summed E-state index contributed by atoms with van der Waals surface area (Å²) in [7, 11) is 0. The average molecular weight is 246 g/mol. The summed E-state index contributed by atoms with van der Waals surface area (Å²) in [6.45, 7) is 0. The van der Waals surface area contributed by atoms with Crippen LogP contribution in [0.2, 0.25) is 5.28 Å². The van der Waals surface area contributed by atoms with E-state index < -0.39 is 0 Å². The Morgan fingerprint density at radius 3 is 2.82 bits per heavy atom. The van der Waals surface area contributed by atoms with Crippen LogP contribution >= 0.6 is 11.6 Å². The van der Waals surface area contributed by atoms with Crippen molar-refractivity contribution in [1.82, 2.24) is 20.2 Å². The molecule has 3 rings (SSSR count). The topological polar surface area (TPSA) is 66.5 Å². The lowest BCUT2D eigenvalue weighted by atomic mass is 10.2. The van der Waals surface area contributed by atoms with E-state index in [0.29, 0.717) is 5.82 Å². The van der Waals surface area contributed by atoms with Crippen molar-refractivity contribution in [3.8, 4) is 0 Å². The maximum absolute atomic E-state index is 5.88. The molecule has 2 N–H and O–H groups in total. The fourth-order valence-electron chi connectivity index (χ4n) is 1.60. The van der Waals surface area contributed by atoms with Crippen LogP contribution in [0.1, 0.15) is 0 Å². The number of aromatic nitrogens is 4. The van der Waals surface area contributed by atoms with Gasteiger partial charge < -0.3 is 5.32 Å². The van der Waals surface area contributed by atoms with Crippen molar-refractivity contribution < 1.29 is 0 Å². The minimum Gasteiger partial charge on any atom is -0.325 e. The van der Waals surface area contributed by atoms with Gasteiger partial charge in [-0.05, 0) is 23.7 Å². The molecule has 1 aromatic carbocycles. The van der Waals surface area contributed by atoms with E-state index in [2.05, 4.69) is 25.5 Å². The third-order valence-corrected chi connectivity index (χ3v) is 2.50. The standard InChI is InChI=1S/C11H8ClN5/c12-11-14-8-4-2-1-3-7(8)10(16-11)15-9-5-6-13-17-9/h1-6H,(H2,13,14,15,16,17). The second-order valence-electron chi connectivity index (χ2n) is 3.45. The summed E-state index contributed by atoms with van der Waals surface area (Å²) < 4.78 is 0. The van der Waals surface area contributed by atoms with Gasteiger partial charge in [0.25, 0.3) is 0 Å². The molecule has 0 saturated carbocycles. The minimum atomic E-state index is 0.214. The number of benzene rings is 1. The molecule has 0 aliphatic heterocycles. The molecule has 2 heterocycles. The maximum Gasteiger partial charge on any atom is 0.224 e. The lowest BCUT2D eigenvalue weighted by Gasteiger charge is -2.06. The van der Waals surface area contributed by atoms with E-state index >= 15 is 0 Å². The quantitative estimate of drug-likeness (QED) is 0.682. The highest BCUT2D eigenvalue weighted by Crippen LogP contribution is 2.23. The molecule has 17 heavy (non-hydrogen) atoms. The molecule has 84 valence electrons. The number of H-pyrrole nitrogens is 1. The molecule has 0 spiro atoms. The molecule has 0 amide bonds. The molecule has 2 aromatic heterocycles. The first kappa shape index (κ1) is 10.0. The molecular formula is C11H8ClN5. The summed E-state index contributed by atoms with van der Waals surface area (Å²) in [6.07, 6.45) is 1.66. The summed E-state index contributed by atoms with van der Waals surface area (Å²) in [5, 5.41) is 10.9. The fraction of sp³-hybridized carbons (Fsp3) is 0. The van der Waals surface area contributed by atoms with Crippen LogP contribution in [-0.2, 0) is 0 Å². The van der Waals surface area contributed by atoms with Crippen LogP contribution in [0.3, 0.4) is 0 Å². The monoisotopic (exact) mass is 245 g/mol. The Labute approximate surface area is 102 Å². The zero-order chi connectivity index (χ0) is 11.7. The molecule has 0 fully saturated rings. The molecule has 0 radical (unpaired) electrons. The van der Waals surface area contributed by atoms with Crippen molar-refractivity contribution in [2.24, 2.45) is 0 Å². The van der Waals surface area contributed by atoms with Gasteiger partial charge in [0.15, 0.2) is 0 Å². The molecule has 0 bridgehead atoms. The van der Waals surface area contributed by atoms with Crippen LogP contribution in [0.5, 0.6) is 0 Å². The van der Waals surface area contributed by atoms with Crippen LogP contribution in [0.15, 0.2) is 36.5 Å². The van der Waals surface area contributed by atoms with E-state index in [0.717, 1.165) is 16.7 Å². The van der Waals surface area contributed by atoms with Crippen LogP contribution in [0, 0.1) is 0 Å². The predicted octanol–water partition coefficient (Wildman–Crippen LogP) is 2.75. The Morgan fingerprint density at radius 1 is 1.12 bits per heavy atom. The average Bonchev–Trinajstić information content (AvgIpc) is 2.81. The van der Waals surface area contributed by atoms with E-state index in [1.54, 1.807) is 6.20 Å². The number of hydrogen-bond donors (Lipinski definition) is 2. The number of aromatic amines is 1. The zero-order valence-electron chi connectivity index (χ0n) is 8.68. The number of hydrogen-bond acceptors (Lipinski definition) is 4. The highest BCUT2D eigenvalue weighted by atomic mass is 35.5. The molecule has 6 heteroatoms. The molecule has 0 atom stereocenters. The van der Waals surface area contributed by atoms with Crippen LogP contribution in [-0.4, -0.2) is 20.2 Å². The van der Waals surface area contributed by atoms with Crippen LogP contribution in [0.4, 0.5) is 11.6 Å². The Bertz CT molecular complexity index is 650. The fourth-order valence-corrected chi connectivity index (χ4v) is 1.77. The summed E-state index contributed by atoms with van der Waals surface area (Å²) in [6, 6.07) is 9.47. The first-order valence-electron chi connectivity index (χ1n) is 5.01. The smallest absolute Gasteiger partial charge is 0.224 e. The van der Waals surface area contributed by atoms with E-state index in [-0.39, 0.29) is 5.28 Å². The van der Waals surface area contributed by atoms with E-state index in [1.165, 1.54) is 0 Å². The first-order valence-corrected chi connectivity index (χ1v) is 5.39. The second kappa shape index (κ2) is 4.03.